The van der Waals surface area contributed by atoms with Crippen molar-refractivity contribution >= 4 is 28.5 Å². The minimum Gasteiger partial charge on any atom is -0.378 e. The summed E-state index contributed by atoms with van der Waals surface area (Å²) in [6, 6.07) is 9.88. The van der Waals surface area contributed by atoms with Gasteiger partial charge in [-0.25, -0.2) is 0 Å². The molecular formula is C24H24NO3. The van der Waals surface area contributed by atoms with Crippen molar-refractivity contribution in [2.24, 2.45) is 5.92 Å². The SMILES string of the molecule is C#Cc1ccc2ccc(C3=CCCC(C(=O)N4CCOCC4)C3)cc2c1C=O.[H]. The molecule has 4 rings (SSSR count). The third-order valence-electron chi connectivity index (χ3n) is 5.75. The average molecular weight is 374 g/mol. The van der Waals surface area contributed by atoms with Crippen LogP contribution in [-0.4, -0.2) is 43.4 Å². The molecule has 0 aromatic heterocycles. The Balaban J connectivity index is 0.00000240. The first-order valence-corrected chi connectivity index (χ1v) is 9.75. The summed E-state index contributed by atoms with van der Waals surface area (Å²) in [7, 11) is 0. The van der Waals surface area contributed by atoms with Crippen molar-refractivity contribution in [1.29, 1.82) is 0 Å². The molecule has 1 saturated heterocycles. The van der Waals surface area contributed by atoms with Crippen molar-refractivity contribution in [1.82, 2.24) is 4.90 Å². The molecule has 0 bridgehead atoms. The number of hydrogen-bond donors (Lipinski definition) is 0. The number of ether oxygens (including phenoxy) is 1. The third kappa shape index (κ3) is 3.46. The van der Waals surface area contributed by atoms with E-state index in [9.17, 15) is 9.59 Å². The Bertz CT molecular complexity index is 999. The molecule has 1 amide bonds. The highest BCUT2D eigenvalue weighted by Gasteiger charge is 2.28. The van der Waals surface area contributed by atoms with Crippen LogP contribution in [0.2, 0.25) is 0 Å². The summed E-state index contributed by atoms with van der Waals surface area (Å²) in [5.74, 6) is 2.83. The molecule has 1 atom stereocenters. The Kier molecular flexibility index (Phi) is 5.27. The Morgan fingerprint density at radius 3 is 2.79 bits per heavy atom. The molecule has 1 unspecified atom stereocenters. The zero-order chi connectivity index (χ0) is 19.5. The molecule has 1 heterocycles. The number of hydrogen-bond acceptors (Lipinski definition) is 3. The van der Waals surface area contributed by atoms with Crippen LogP contribution < -0.4 is 0 Å². The van der Waals surface area contributed by atoms with E-state index in [1.165, 1.54) is 5.57 Å². The van der Waals surface area contributed by atoms with E-state index in [2.05, 4.69) is 18.1 Å². The summed E-state index contributed by atoms with van der Waals surface area (Å²) in [5.41, 5.74) is 3.39. The van der Waals surface area contributed by atoms with E-state index < -0.39 is 0 Å². The number of carbonyl (C=O) groups excluding carboxylic acids is 2. The van der Waals surface area contributed by atoms with Gasteiger partial charge in [0.25, 0.3) is 0 Å². The van der Waals surface area contributed by atoms with Gasteiger partial charge in [-0.3, -0.25) is 9.59 Å². The monoisotopic (exact) mass is 374 g/mol. The van der Waals surface area contributed by atoms with E-state index in [-0.39, 0.29) is 13.3 Å². The summed E-state index contributed by atoms with van der Waals surface area (Å²) in [5, 5.41) is 1.85. The van der Waals surface area contributed by atoms with E-state index in [1.54, 1.807) is 0 Å². The molecule has 4 nitrogen and oxygen atoms in total. The molecule has 1 radical (unpaired) electrons. The highest BCUT2D eigenvalue weighted by Crippen LogP contribution is 2.34. The van der Waals surface area contributed by atoms with Crippen LogP contribution in [-0.2, 0) is 9.53 Å². The molecule has 4 heteroatoms. The van der Waals surface area contributed by atoms with Crippen LogP contribution in [0.3, 0.4) is 0 Å². The molecule has 1 fully saturated rings. The topological polar surface area (TPSA) is 46.6 Å². The summed E-state index contributed by atoms with van der Waals surface area (Å²) < 4.78 is 5.36. The Labute approximate surface area is 166 Å². The molecule has 2 aliphatic rings. The van der Waals surface area contributed by atoms with Gasteiger partial charge in [-0.15, -0.1) is 6.42 Å². The predicted molar refractivity (Wildman–Crippen MR) is 111 cm³/mol. The number of rotatable bonds is 3. The number of allylic oxidation sites excluding steroid dienone is 2. The fraction of sp³-hybridized carbons (Fsp3) is 0.333. The molecule has 2 aromatic carbocycles. The van der Waals surface area contributed by atoms with Crippen LogP contribution in [0, 0.1) is 18.3 Å². The van der Waals surface area contributed by atoms with Gasteiger partial charge in [0, 0.05) is 31.6 Å². The minimum atomic E-state index is 0. The first-order chi connectivity index (χ1) is 13.7. The molecule has 143 valence electrons. The second-order valence-corrected chi connectivity index (χ2v) is 7.37. The second-order valence-electron chi connectivity index (χ2n) is 7.37. The van der Waals surface area contributed by atoms with Gasteiger partial charge in [0.15, 0.2) is 6.29 Å². The smallest absolute Gasteiger partial charge is 0.226 e. The lowest BCUT2D eigenvalue weighted by molar-refractivity contribution is -0.139. The summed E-state index contributed by atoms with van der Waals surface area (Å²) in [6.07, 6.45) is 11.1. The fourth-order valence-electron chi connectivity index (χ4n) is 4.19. The molecule has 0 spiro atoms. The molecule has 1 aliphatic carbocycles. The normalized spacial score (nSPS) is 19.8. The first kappa shape index (κ1) is 18.5. The van der Waals surface area contributed by atoms with Crippen LogP contribution in [0.15, 0.2) is 36.4 Å². The van der Waals surface area contributed by atoms with E-state index in [4.69, 9.17) is 11.2 Å². The highest BCUT2D eigenvalue weighted by atomic mass is 16.5. The Hall–Kier alpha value is -2.90. The van der Waals surface area contributed by atoms with Crippen LogP contribution in [0.25, 0.3) is 16.3 Å². The molecule has 1 aliphatic heterocycles. The summed E-state index contributed by atoms with van der Waals surface area (Å²) in [4.78, 5) is 26.5. The highest BCUT2D eigenvalue weighted by molar-refractivity contribution is 6.01. The molecule has 0 N–H and O–H groups in total. The van der Waals surface area contributed by atoms with Crippen molar-refractivity contribution in [2.45, 2.75) is 19.3 Å². The van der Waals surface area contributed by atoms with Crippen molar-refractivity contribution in [3.8, 4) is 12.3 Å². The van der Waals surface area contributed by atoms with E-state index in [1.807, 2.05) is 29.2 Å². The molecular weight excluding hydrogens is 350 g/mol. The number of aldehydes is 1. The first-order valence-electron chi connectivity index (χ1n) is 9.75. The van der Waals surface area contributed by atoms with Gasteiger partial charge in [-0.1, -0.05) is 30.2 Å². The van der Waals surface area contributed by atoms with Gasteiger partial charge < -0.3 is 9.64 Å². The van der Waals surface area contributed by atoms with Crippen LogP contribution in [0.4, 0.5) is 0 Å². The fourth-order valence-corrected chi connectivity index (χ4v) is 4.19. The number of benzene rings is 2. The molecule has 28 heavy (non-hydrogen) atoms. The van der Waals surface area contributed by atoms with E-state index in [0.717, 1.165) is 41.9 Å². The van der Waals surface area contributed by atoms with Crippen molar-refractivity contribution in [3.63, 3.8) is 0 Å². The van der Waals surface area contributed by atoms with Gasteiger partial charge in [0.05, 0.1) is 13.2 Å². The van der Waals surface area contributed by atoms with Gasteiger partial charge in [0.1, 0.15) is 0 Å². The van der Waals surface area contributed by atoms with Gasteiger partial charge >= 0.3 is 0 Å². The maximum Gasteiger partial charge on any atom is 0.226 e. The number of carbonyl (C=O) groups is 2. The summed E-state index contributed by atoms with van der Waals surface area (Å²) >= 11 is 0. The van der Waals surface area contributed by atoms with Crippen molar-refractivity contribution in [2.75, 3.05) is 26.3 Å². The van der Waals surface area contributed by atoms with Crippen LogP contribution >= 0.6 is 0 Å². The standard InChI is InChI=1S/C24H23NO3.H/c1-2-17-6-7-18-8-9-20(15-22(18)23(17)16-26)19-4-3-5-21(14-19)24(27)25-10-12-28-13-11-25;/h1,4,6-9,15-16,21H,3,5,10-14H2;. The lowest BCUT2D eigenvalue weighted by atomic mass is 9.84. The largest absolute Gasteiger partial charge is 0.378 e. The van der Waals surface area contributed by atoms with Crippen LogP contribution in [0.1, 0.15) is 42.2 Å². The van der Waals surface area contributed by atoms with Gasteiger partial charge in [0.2, 0.25) is 5.91 Å². The van der Waals surface area contributed by atoms with Crippen LogP contribution in [0.5, 0.6) is 0 Å². The zero-order valence-corrected chi connectivity index (χ0v) is 15.8. The van der Waals surface area contributed by atoms with Gasteiger partial charge in [-0.05, 0) is 53.3 Å². The quantitative estimate of drug-likeness (QED) is 0.607. The van der Waals surface area contributed by atoms with E-state index in [0.29, 0.717) is 37.4 Å². The van der Waals surface area contributed by atoms with Gasteiger partial charge in [-0.2, -0.15) is 0 Å². The third-order valence-corrected chi connectivity index (χ3v) is 5.75. The minimum absolute atomic E-state index is 0. The Morgan fingerprint density at radius 1 is 1.25 bits per heavy atom. The predicted octanol–water partition coefficient (Wildman–Crippen LogP) is 3.79. The number of nitrogens with zero attached hydrogens (tertiary/aromatic N) is 1. The van der Waals surface area contributed by atoms with Crippen molar-refractivity contribution in [3.05, 3.63) is 53.1 Å². The number of morpholine rings is 1. The average Bonchev–Trinajstić information content (AvgIpc) is 2.78. The molecule has 0 saturated carbocycles. The number of fused-ring (bicyclic) bond motifs is 1. The van der Waals surface area contributed by atoms with Crippen molar-refractivity contribution < 1.29 is 15.8 Å². The second kappa shape index (κ2) is 8.00. The Morgan fingerprint density at radius 2 is 2.04 bits per heavy atom. The maximum atomic E-state index is 12.9. The molecule has 2 aromatic rings. The maximum absolute atomic E-state index is 12.9. The lowest BCUT2D eigenvalue weighted by Gasteiger charge is -2.32. The zero-order valence-electron chi connectivity index (χ0n) is 16.8. The summed E-state index contributed by atoms with van der Waals surface area (Å²) in [6.45, 7) is 2.61. The number of terminal acetylenes is 1. The van der Waals surface area contributed by atoms with E-state index >= 15 is 0 Å². The number of amides is 1. The lowest BCUT2D eigenvalue weighted by Crippen LogP contribution is -2.44.